The van der Waals surface area contributed by atoms with Crippen LogP contribution in [0.2, 0.25) is 5.02 Å². The van der Waals surface area contributed by atoms with Crippen LogP contribution >= 0.6 is 22.9 Å². The summed E-state index contributed by atoms with van der Waals surface area (Å²) in [5, 5.41) is 1.77. The number of halogens is 2. The fraction of sp³-hybridized carbons (Fsp3) is 0.100. The lowest BCUT2D eigenvalue weighted by atomic mass is 10.2. The third kappa shape index (κ3) is 2.11. The molecule has 1 aromatic heterocycles. The topological polar surface area (TPSA) is 22.0 Å². The van der Waals surface area contributed by atoms with Crippen molar-refractivity contribution in [1.29, 1.82) is 0 Å². The fourth-order valence-electron chi connectivity index (χ4n) is 1.26. The summed E-state index contributed by atoms with van der Waals surface area (Å²) in [5.74, 6) is -0.461. The predicted octanol–water partition coefficient (Wildman–Crippen LogP) is 2.75. The zero-order valence-corrected chi connectivity index (χ0v) is 9.19. The van der Waals surface area contributed by atoms with E-state index in [0.717, 1.165) is 11.3 Å². The van der Waals surface area contributed by atoms with Crippen molar-refractivity contribution in [3.05, 3.63) is 55.8 Å². The van der Waals surface area contributed by atoms with Crippen LogP contribution in [0.15, 0.2) is 34.6 Å². The third-order valence-electron chi connectivity index (χ3n) is 2.02. The summed E-state index contributed by atoms with van der Waals surface area (Å²) in [6.07, 6.45) is 1.66. The average Bonchev–Trinajstić information content (AvgIpc) is 2.60. The van der Waals surface area contributed by atoms with Gasteiger partial charge in [0, 0.05) is 11.6 Å². The van der Waals surface area contributed by atoms with Gasteiger partial charge in [-0.1, -0.05) is 35.1 Å². The molecule has 0 bridgehead atoms. The van der Waals surface area contributed by atoms with E-state index in [1.807, 2.05) is 0 Å². The largest absolute Gasteiger partial charge is 0.307 e. The molecule has 2 nitrogen and oxygen atoms in total. The van der Waals surface area contributed by atoms with E-state index < -0.39 is 5.82 Å². The third-order valence-corrected chi connectivity index (χ3v) is 3.13. The predicted molar refractivity (Wildman–Crippen MR) is 59.1 cm³/mol. The van der Waals surface area contributed by atoms with Crippen LogP contribution < -0.4 is 4.87 Å². The van der Waals surface area contributed by atoms with Crippen molar-refractivity contribution in [3.8, 4) is 0 Å². The summed E-state index contributed by atoms with van der Waals surface area (Å²) >= 11 is 6.88. The zero-order valence-electron chi connectivity index (χ0n) is 7.61. The Morgan fingerprint density at radius 1 is 1.47 bits per heavy atom. The van der Waals surface area contributed by atoms with E-state index in [4.69, 9.17) is 11.6 Å². The molecule has 15 heavy (non-hydrogen) atoms. The van der Waals surface area contributed by atoms with Gasteiger partial charge in [0.2, 0.25) is 0 Å². The Balaban J connectivity index is 2.37. The van der Waals surface area contributed by atoms with E-state index in [0.29, 0.717) is 12.1 Å². The molecule has 0 aliphatic carbocycles. The highest BCUT2D eigenvalue weighted by Crippen LogP contribution is 2.20. The normalized spacial score (nSPS) is 10.5. The second kappa shape index (κ2) is 4.16. The Morgan fingerprint density at radius 3 is 2.93 bits per heavy atom. The van der Waals surface area contributed by atoms with Crippen molar-refractivity contribution in [3.63, 3.8) is 0 Å². The Morgan fingerprint density at radius 2 is 2.27 bits per heavy atom. The van der Waals surface area contributed by atoms with Gasteiger partial charge in [0.15, 0.2) is 0 Å². The lowest BCUT2D eigenvalue weighted by Crippen LogP contribution is -2.12. The molecular formula is C10H7ClFNOS. The number of rotatable bonds is 2. The van der Waals surface area contributed by atoms with Gasteiger partial charge in [0.1, 0.15) is 5.82 Å². The van der Waals surface area contributed by atoms with Gasteiger partial charge >= 0.3 is 4.87 Å². The Labute approximate surface area is 94.6 Å². The van der Waals surface area contributed by atoms with Crippen LogP contribution in [0.25, 0.3) is 0 Å². The van der Waals surface area contributed by atoms with Gasteiger partial charge in [0.25, 0.3) is 0 Å². The van der Waals surface area contributed by atoms with Crippen molar-refractivity contribution < 1.29 is 4.39 Å². The number of hydrogen-bond donors (Lipinski definition) is 0. The van der Waals surface area contributed by atoms with Crippen molar-refractivity contribution in [2.45, 2.75) is 6.54 Å². The minimum Gasteiger partial charge on any atom is -0.301 e. The molecule has 0 saturated carbocycles. The van der Waals surface area contributed by atoms with E-state index in [9.17, 15) is 9.18 Å². The highest BCUT2D eigenvalue weighted by molar-refractivity contribution is 7.07. The summed E-state index contributed by atoms with van der Waals surface area (Å²) in [6.45, 7) is 0.304. The molecule has 0 unspecified atom stereocenters. The van der Waals surface area contributed by atoms with Crippen molar-refractivity contribution in [1.82, 2.24) is 4.57 Å². The molecule has 0 saturated heterocycles. The quantitative estimate of drug-likeness (QED) is 0.795. The molecule has 5 heteroatoms. The average molecular weight is 244 g/mol. The molecule has 2 rings (SSSR count). The van der Waals surface area contributed by atoms with Crippen LogP contribution in [0.1, 0.15) is 5.56 Å². The summed E-state index contributed by atoms with van der Waals surface area (Å²) in [4.78, 5) is 11.2. The first-order valence-corrected chi connectivity index (χ1v) is 5.51. The molecule has 0 N–H and O–H groups in total. The van der Waals surface area contributed by atoms with Gasteiger partial charge in [0.05, 0.1) is 11.6 Å². The van der Waals surface area contributed by atoms with Gasteiger partial charge in [-0.15, -0.1) is 0 Å². The molecule has 2 aromatic rings. The molecule has 1 heterocycles. The summed E-state index contributed by atoms with van der Waals surface area (Å²) < 4.78 is 14.6. The second-order valence-electron chi connectivity index (χ2n) is 3.01. The molecule has 0 amide bonds. The van der Waals surface area contributed by atoms with Crippen molar-refractivity contribution >= 4 is 22.9 Å². The van der Waals surface area contributed by atoms with Crippen LogP contribution in [-0.4, -0.2) is 4.57 Å². The molecule has 0 fully saturated rings. The highest BCUT2D eigenvalue weighted by Gasteiger charge is 2.06. The molecular weight excluding hydrogens is 237 g/mol. The van der Waals surface area contributed by atoms with E-state index in [2.05, 4.69) is 0 Å². The lowest BCUT2D eigenvalue weighted by Gasteiger charge is -2.04. The number of hydrogen-bond acceptors (Lipinski definition) is 2. The second-order valence-corrected chi connectivity index (χ2v) is 4.24. The number of aromatic nitrogens is 1. The minimum absolute atomic E-state index is 0.0738. The molecule has 0 atom stereocenters. The van der Waals surface area contributed by atoms with Gasteiger partial charge in [-0.2, -0.15) is 0 Å². The van der Waals surface area contributed by atoms with E-state index in [1.54, 1.807) is 23.7 Å². The van der Waals surface area contributed by atoms with Crippen LogP contribution in [0.4, 0.5) is 4.39 Å². The van der Waals surface area contributed by atoms with Crippen LogP contribution in [0, 0.1) is 5.82 Å². The van der Waals surface area contributed by atoms with Crippen molar-refractivity contribution in [2.24, 2.45) is 0 Å². The first-order valence-electron chi connectivity index (χ1n) is 4.25. The standard InChI is InChI=1S/C10H7ClFNOS/c11-9-7(2-1-3-8(9)12)6-13-4-5-15-10(13)14/h1-5H,6H2. The van der Waals surface area contributed by atoms with Gasteiger partial charge < -0.3 is 4.57 Å². The van der Waals surface area contributed by atoms with Crippen LogP contribution in [0.5, 0.6) is 0 Å². The van der Waals surface area contributed by atoms with E-state index in [1.165, 1.54) is 10.6 Å². The minimum atomic E-state index is -0.461. The smallest absolute Gasteiger partial charge is 0.301 e. The number of nitrogens with zero attached hydrogens (tertiary/aromatic N) is 1. The lowest BCUT2D eigenvalue weighted by molar-refractivity contribution is 0.623. The Kier molecular flexibility index (Phi) is 2.88. The van der Waals surface area contributed by atoms with Gasteiger partial charge in [-0.3, -0.25) is 4.79 Å². The maximum absolute atomic E-state index is 13.1. The maximum Gasteiger partial charge on any atom is 0.307 e. The fourth-order valence-corrected chi connectivity index (χ4v) is 2.03. The maximum atomic E-state index is 13.1. The van der Waals surface area contributed by atoms with Gasteiger partial charge in [-0.05, 0) is 11.6 Å². The summed E-state index contributed by atoms with van der Waals surface area (Å²) in [5.41, 5.74) is 0.608. The first-order chi connectivity index (χ1) is 7.18. The van der Waals surface area contributed by atoms with E-state index >= 15 is 0 Å². The molecule has 0 aliphatic heterocycles. The van der Waals surface area contributed by atoms with E-state index in [-0.39, 0.29) is 9.90 Å². The highest BCUT2D eigenvalue weighted by atomic mass is 35.5. The van der Waals surface area contributed by atoms with Crippen LogP contribution in [-0.2, 0) is 6.54 Å². The summed E-state index contributed by atoms with van der Waals surface area (Å²) in [6, 6.07) is 4.58. The first kappa shape index (κ1) is 10.4. The zero-order chi connectivity index (χ0) is 10.8. The molecule has 1 aromatic carbocycles. The number of benzene rings is 1. The Hall–Kier alpha value is -1.13. The van der Waals surface area contributed by atoms with Crippen LogP contribution in [0.3, 0.4) is 0 Å². The molecule has 0 aliphatic rings. The molecule has 0 spiro atoms. The number of thiazole rings is 1. The molecule has 78 valence electrons. The monoisotopic (exact) mass is 243 g/mol. The SMILES string of the molecule is O=c1sccn1Cc1cccc(F)c1Cl. The molecule has 0 radical (unpaired) electrons. The summed E-state index contributed by atoms with van der Waals surface area (Å²) in [7, 11) is 0. The van der Waals surface area contributed by atoms with Crippen molar-refractivity contribution in [2.75, 3.05) is 0 Å². The van der Waals surface area contributed by atoms with Gasteiger partial charge in [-0.25, -0.2) is 4.39 Å². The Bertz CT molecular complexity index is 534.